The Balaban J connectivity index is 2.41. The van der Waals surface area contributed by atoms with Crippen molar-refractivity contribution in [2.24, 2.45) is 5.92 Å². The van der Waals surface area contributed by atoms with Crippen LogP contribution in [0.3, 0.4) is 0 Å². The smallest absolute Gasteiger partial charge is 0.241 e. The van der Waals surface area contributed by atoms with Crippen molar-refractivity contribution in [3.05, 3.63) is 12.4 Å². The van der Waals surface area contributed by atoms with Gasteiger partial charge in [-0.15, -0.1) is 0 Å². The number of aliphatic hydroxyl groups excluding tert-OH is 1. The Morgan fingerprint density at radius 2 is 2.21 bits per heavy atom. The first kappa shape index (κ1) is 15.5. The molecule has 0 aliphatic heterocycles. The molecule has 6 nitrogen and oxygen atoms in total. The summed E-state index contributed by atoms with van der Waals surface area (Å²) in [5, 5.41) is 18.7. The summed E-state index contributed by atoms with van der Waals surface area (Å²) in [5.74, 6) is 0.487. The highest BCUT2D eigenvalue weighted by Crippen LogP contribution is 2.11. The quantitative estimate of drug-likeness (QED) is 0.653. The maximum absolute atomic E-state index is 11.4. The van der Waals surface area contributed by atoms with Crippen molar-refractivity contribution in [2.75, 3.05) is 18.5 Å². The number of anilines is 1. The van der Waals surface area contributed by atoms with Crippen molar-refractivity contribution in [1.29, 1.82) is 0 Å². The van der Waals surface area contributed by atoms with Crippen LogP contribution >= 0.6 is 0 Å². The molecule has 0 fully saturated rings. The minimum absolute atomic E-state index is 0.0512. The summed E-state index contributed by atoms with van der Waals surface area (Å²) in [6.45, 7) is 6.90. The number of aromatic nitrogens is 2. The van der Waals surface area contributed by atoms with Crippen LogP contribution < -0.4 is 10.6 Å². The number of carbonyl (C=O) groups excluding carboxylic acids is 1. The lowest BCUT2D eigenvalue weighted by molar-refractivity contribution is -0.122. The molecule has 0 aliphatic rings. The second-order valence-electron chi connectivity index (χ2n) is 5.18. The van der Waals surface area contributed by atoms with E-state index in [1.165, 1.54) is 0 Å². The average molecular weight is 268 g/mol. The Kier molecular flexibility index (Phi) is 6.35. The Bertz CT molecular complexity index is 390. The lowest BCUT2D eigenvalue weighted by Gasteiger charge is -2.15. The maximum atomic E-state index is 11.4. The number of amides is 1. The molecule has 1 atom stereocenters. The zero-order valence-electron chi connectivity index (χ0n) is 11.9. The largest absolute Gasteiger partial charge is 0.395 e. The van der Waals surface area contributed by atoms with Gasteiger partial charge in [0.2, 0.25) is 5.91 Å². The van der Waals surface area contributed by atoms with Crippen LogP contribution in [0, 0.1) is 5.92 Å². The van der Waals surface area contributed by atoms with Gasteiger partial charge in [-0.05, 0) is 19.3 Å². The fourth-order valence-corrected chi connectivity index (χ4v) is 1.97. The van der Waals surface area contributed by atoms with E-state index in [1.54, 1.807) is 10.9 Å². The minimum Gasteiger partial charge on any atom is -0.395 e. The van der Waals surface area contributed by atoms with Gasteiger partial charge in [0.05, 0.1) is 18.5 Å². The monoisotopic (exact) mass is 268 g/mol. The molecule has 0 bridgehead atoms. The summed E-state index contributed by atoms with van der Waals surface area (Å²) in [6, 6.07) is 0.376. The molecule has 19 heavy (non-hydrogen) atoms. The molecule has 6 heteroatoms. The fraction of sp³-hybridized carbons (Fsp3) is 0.692. The Hall–Kier alpha value is -1.56. The normalized spacial score (nSPS) is 12.5. The molecule has 0 aromatic carbocycles. The molecule has 0 saturated heterocycles. The summed E-state index contributed by atoms with van der Waals surface area (Å²) < 4.78 is 1.58. The Labute approximate surface area is 114 Å². The third-order valence-electron chi connectivity index (χ3n) is 2.61. The molecule has 1 aromatic heterocycles. The zero-order chi connectivity index (χ0) is 14.3. The molecular weight excluding hydrogens is 244 g/mol. The van der Waals surface area contributed by atoms with Crippen LogP contribution in [0.4, 0.5) is 5.69 Å². The van der Waals surface area contributed by atoms with Gasteiger partial charge in [-0.1, -0.05) is 13.8 Å². The number of nitrogens with zero attached hydrogens (tertiary/aromatic N) is 2. The SMILES string of the molecule is CC(C)CC(C)Nc1cnn(CC(=O)NCCO)c1. The van der Waals surface area contributed by atoms with E-state index in [0.717, 1.165) is 12.1 Å². The van der Waals surface area contributed by atoms with Crippen LogP contribution in [0.5, 0.6) is 0 Å². The van der Waals surface area contributed by atoms with Gasteiger partial charge in [0.1, 0.15) is 6.54 Å². The lowest BCUT2D eigenvalue weighted by Crippen LogP contribution is -2.30. The maximum Gasteiger partial charge on any atom is 0.241 e. The zero-order valence-corrected chi connectivity index (χ0v) is 11.9. The van der Waals surface area contributed by atoms with Crippen molar-refractivity contribution in [2.45, 2.75) is 39.8 Å². The first-order valence-electron chi connectivity index (χ1n) is 6.67. The number of hydrogen-bond donors (Lipinski definition) is 3. The lowest BCUT2D eigenvalue weighted by atomic mass is 10.1. The summed E-state index contributed by atoms with van der Waals surface area (Å²) in [4.78, 5) is 11.4. The van der Waals surface area contributed by atoms with Gasteiger partial charge in [-0.2, -0.15) is 5.10 Å². The van der Waals surface area contributed by atoms with Gasteiger partial charge >= 0.3 is 0 Å². The van der Waals surface area contributed by atoms with Gasteiger partial charge in [-0.25, -0.2) is 0 Å². The van der Waals surface area contributed by atoms with Gasteiger partial charge in [0.15, 0.2) is 0 Å². The molecule has 1 unspecified atom stereocenters. The third-order valence-corrected chi connectivity index (χ3v) is 2.61. The molecule has 1 aromatic rings. The van der Waals surface area contributed by atoms with Crippen molar-refractivity contribution in [3.63, 3.8) is 0 Å². The van der Waals surface area contributed by atoms with E-state index in [2.05, 4.69) is 36.5 Å². The predicted octanol–water partition coefficient (Wildman–Crippen LogP) is 0.838. The second-order valence-corrected chi connectivity index (χ2v) is 5.18. The van der Waals surface area contributed by atoms with Crippen molar-refractivity contribution in [3.8, 4) is 0 Å². The summed E-state index contributed by atoms with van der Waals surface area (Å²) >= 11 is 0. The number of carbonyl (C=O) groups is 1. The topological polar surface area (TPSA) is 79.2 Å². The molecule has 1 rings (SSSR count). The van der Waals surface area contributed by atoms with Crippen molar-refractivity contribution < 1.29 is 9.90 Å². The van der Waals surface area contributed by atoms with Crippen molar-refractivity contribution in [1.82, 2.24) is 15.1 Å². The van der Waals surface area contributed by atoms with Gasteiger partial charge in [-0.3, -0.25) is 9.48 Å². The highest BCUT2D eigenvalue weighted by molar-refractivity contribution is 5.75. The summed E-state index contributed by atoms with van der Waals surface area (Å²) in [5.41, 5.74) is 0.920. The summed E-state index contributed by atoms with van der Waals surface area (Å²) in [7, 11) is 0. The molecule has 1 amide bonds. The van der Waals surface area contributed by atoms with Crippen LogP contribution in [-0.4, -0.2) is 40.0 Å². The number of hydrogen-bond acceptors (Lipinski definition) is 4. The van der Waals surface area contributed by atoms with Crippen LogP contribution in [0.1, 0.15) is 27.2 Å². The van der Waals surface area contributed by atoms with E-state index in [4.69, 9.17) is 5.11 Å². The van der Waals surface area contributed by atoms with Crippen LogP contribution in [0.25, 0.3) is 0 Å². The van der Waals surface area contributed by atoms with Gasteiger partial charge in [0, 0.05) is 18.8 Å². The third kappa shape index (κ3) is 6.24. The molecule has 0 radical (unpaired) electrons. The van der Waals surface area contributed by atoms with Crippen LogP contribution in [-0.2, 0) is 11.3 Å². The molecule has 0 saturated carbocycles. The molecule has 1 heterocycles. The van der Waals surface area contributed by atoms with Crippen LogP contribution in [0.15, 0.2) is 12.4 Å². The molecular formula is C13H24N4O2. The fourth-order valence-electron chi connectivity index (χ4n) is 1.97. The Morgan fingerprint density at radius 3 is 2.84 bits per heavy atom. The number of aliphatic hydroxyl groups is 1. The van der Waals surface area contributed by atoms with E-state index in [9.17, 15) is 4.79 Å². The predicted molar refractivity (Wildman–Crippen MR) is 74.9 cm³/mol. The first-order chi connectivity index (χ1) is 9.01. The average Bonchev–Trinajstić information content (AvgIpc) is 2.72. The molecule has 3 N–H and O–H groups in total. The van der Waals surface area contributed by atoms with E-state index in [-0.39, 0.29) is 25.6 Å². The highest BCUT2D eigenvalue weighted by Gasteiger charge is 2.08. The minimum atomic E-state index is -0.154. The van der Waals surface area contributed by atoms with E-state index in [1.807, 2.05) is 6.20 Å². The molecule has 108 valence electrons. The Morgan fingerprint density at radius 1 is 1.47 bits per heavy atom. The summed E-state index contributed by atoms with van der Waals surface area (Å²) in [6.07, 6.45) is 4.62. The highest BCUT2D eigenvalue weighted by atomic mass is 16.3. The standard InChI is InChI=1S/C13H24N4O2/c1-10(2)6-11(3)16-12-7-15-17(8-12)9-13(19)14-4-5-18/h7-8,10-11,16,18H,4-6,9H2,1-3H3,(H,14,19). The number of nitrogens with one attached hydrogen (secondary N) is 2. The van der Waals surface area contributed by atoms with E-state index >= 15 is 0 Å². The number of rotatable bonds is 8. The van der Waals surface area contributed by atoms with Gasteiger partial charge in [0.25, 0.3) is 0 Å². The van der Waals surface area contributed by atoms with E-state index in [0.29, 0.717) is 12.0 Å². The second kappa shape index (κ2) is 7.78. The van der Waals surface area contributed by atoms with E-state index < -0.39 is 0 Å². The van der Waals surface area contributed by atoms with Gasteiger partial charge < -0.3 is 15.7 Å². The van der Waals surface area contributed by atoms with Crippen molar-refractivity contribution >= 4 is 11.6 Å². The van der Waals surface area contributed by atoms with Crippen LogP contribution in [0.2, 0.25) is 0 Å². The molecule has 0 aliphatic carbocycles. The first-order valence-corrected chi connectivity index (χ1v) is 6.67. The molecule has 0 spiro atoms.